The molecule has 102 valence electrons. The summed E-state index contributed by atoms with van der Waals surface area (Å²) < 4.78 is 5.19. The summed E-state index contributed by atoms with van der Waals surface area (Å²) >= 11 is 0. The van der Waals surface area contributed by atoms with Gasteiger partial charge in [0.05, 0.1) is 18.3 Å². The monoisotopic (exact) mass is 251 g/mol. The lowest BCUT2D eigenvalue weighted by atomic mass is 10.1. The molecule has 0 aliphatic rings. The van der Waals surface area contributed by atoms with Crippen LogP contribution in [-0.4, -0.2) is 42.7 Å². The number of methoxy groups -OCH3 is 1. The van der Waals surface area contributed by atoms with Gasteiger partial charge in [-0.05, 0) is 25.5 Å². The lowest BCUT2D eigenvalue weighted by molar-refractivity contribution is 0.0887. The number of nitrogens with zero attached hydrogens (tertiary/aromatic N) is 2. The highest BCUT2D eigenvalue weighted by Gasteiger charge is 2.23. The molecule has 0 aromatic carbocycles. The van der Waals surface area contributed by atoms with Crippen molar-refractivity contribution in [1.82, 2.24) is 9.88 Å². The van der Waals surface area contributed by atoms with Gasteiger partial charge in [-0.25, -0.2) is 0 Å². The Morgan fingerprint density at radius 3 is 2.72 bits per heavy atom. The summed E-state index contributed by atoms with van der Waals surface area (Å²) in [7, 11) is 1.73. The highest BCUT2D eigenvalue weighted by atomic mass is 16.5. The van der Waals surface area contributed by atoms with Gasteiger partial charge in [0.15, 0.2) is 0 Å². The molecule has 18 heavy (non-hydrogen) atoms. The maximum atomic E-state index is 5.95. The quantitative estimate of drug-likeness (QED) is 0.766. The van der Waals surface area contributed by atoms with Gasteiger partial charge in [0.2, 0.25) is 0 Å². The van der Waals surface area contributed by atoms with E-state index in [0.717, 1.165) is 18.7 Å². The van der Waals surface area contributed by atoms with Gasteiger partial charge in [-0.3, -0.25) is 9.88 Å². The van der Waals surface area contributed by atoms with E-state index < -0.39 is 0 Å². The van der Waals surface area contributed by atoms with E-state index in [2.05, 4.69) is 23.7 Å². The van der Waals surface area contributed by atoms with Crippen molar-refractivity contribution in [3.05, 3.63) is 30.1 Å². The maximum absolute atomic E-state index is 5.95. The fourth-order valence-corrected chi connectivity index (χ4v) is 2.11. The zero-order chi connectivity index (χ0) is 13.4. The SMILES string of the molecule is CCC(C)N(CCOC)C(CN)c1ccccn1. The number of hydrogen-bond acceptors (Lipinski definition) is 4. The zero-order valence-corrected chi connectivity index (χ0v) is 11.7. The molecule has 0 saturated heterocycles. The first kappa shape index (κ1) is 15.1. The summed E-state index contributed by atoms with van der Waals surface area (Å²) in [6.07, 6.45) is 2.91. The Labute approximate surface area is 110 Å². The molecule has 1 heterocycles. The van der Waals surface area contributed by atoms with Crippen molar-refractivity contribution in [2.45, 2.75) is 32.4 Å². The highest BCUT2D eigenvalue weighted by molar-refractivity contribution is 5.09. The van der Waals surface area contributed by atoms with Gasteiger partial charge in [-0.1, -0.05) is 13.0 Å². The normalized spacial score (nSPS) is 14.7. The van der Waals surface area contributed by atoms with E-state index in [4.69, 9.17) is 10.5 Å². The predicted molar refractivity (Wildman–Crippen MR) is 74.4 cm³/mol. The summed E-state index contributed by atoms with van der Waals surface area (Å²) in [5, 5.41) is 0. The van der Waals surface area contributed by atoms with Gasteiger partial charge < -0.3 is 10.5 Å². The van der Waals surface area contributed by atoms with Crippen molar-refractivity contribution in [2.24, 2.45) is 5.73 Å². The molecular weight excluding hydrogens is 226 g/mol. The first-order valence-electron chi connectivity index (χ1n) is 6.60. The lowest BCUT2D eigenvalue weighted by Gasteiger charge is -2.35. The minimum Gasteiger partial charge on any atom is -0.383 e. The minimum atomic E-state index is 0.163. The molecule has 1 aromatic heterocycles. The number of rotatable bonds is 8. The standard InChI is InChI=1S/C14H25N3O/c1-4-12(2)17(9-10-18-3)14(11-15)13-7-5-6-8-16-13/h5-8,12,14H,4,9-11,15H2,1-3H3. The number of ether oxygens (including phenoxy) is 1. The average molecular weight is 251 g/mol. The largest absolute Gasteiger partial charge is 0.383 e. The number of nitrogens with two attached hydrogens (primary N) is 1. The third-order valence-electron chi connectivity index (χ3n) is 3.36. The Bertz CT molecular complexity index is 318. The third kappa shape index (κ3) is 4.05. The first-order valence-corrected chi connectivity index (χ1v) is 6.60. The van der Waals surface area contributed by atoms with E-state index in [1.807, 2.05) is 24.4 Å². The molecule has 0 aliphatic heterocycles. The molecule has 0 bridgehead atoms. The topological polar surface area (TPSA) is 51.4 Å². The molecule has 4 nitrogen and oxygen atoms in total. The fraction of sp³-hybridized carbons (Fsp3) is 0.643. The van der Waals surface area contributed by atoms with Crippen LogP contribution in [0.2, 0.25) is 0 Å². The van der Waals surface area contributed by atoms with E-state index in [1.165, 1.54) is 0 Å². The summed E-state index contributed by atoms with van der Waals surface area (Å²) in [6, 6.07) is 6.61. The Morgan fingerprint density at radius 1 is 1.44 bits per heavy atom. The van der Waals surface area contributed by atoms with E-state index in [0.29, 0.717) is 19.2 Å². The van der Waals surface area contributed by atoms with Crippen LogP contribution < -0.4 is 5.73 Å². The molecule has 0 saturated carbocycles. The Hall–Kier alpha value is -0.970. The van der Waals surface area contributed by atoms with Crippen molar-refractivity contribution in [3.63, 3.8) is 0 Å². The summed E-state index contributed by atoms with van der Waals surface area (Å²) in [6.45, 7) is 6.58. The maximum Gasteiger partial charge on any atom is 0.0647 e. The van der Waals surface area contributed by atoms with Gasteiger partial charge in [-0.2, -0.15) is 0 Å². The first-order chi connectivity index (χ1) is 8.74. The van der Waals surface area contributed by atoms with Crippen LogP contribution in [0.3, 0.4) is 0 Å². The van der Waals surface area contributed by atoms with Gasteiger partial charge in [-0.15, -0.1) is 0 Å². The van der Waals surface area contributed by atoms with Crippen LogP contribution in [0.15, 0.2) is 24.4 Å². The molecule has 2 N–H and O–H groups in total. The Kier molecular flexibility index (Phi) is 6.86. The van der Waals surface area contributed by atoms with Crippen LogP contribution in [0, 0.1) is 0 Å². The average Bonchev–Trinajstić information content (AvgIpc) is 2.43. The molecule has 1 rings (SSSR count). The van der Waals surface area contributed by atoms with Gasteiger partial charge in [0.1, 0.15) is 0 Å². The molecule has 2 atom stereocenters. The van der Waals surface area contributed by atoms with Crippen LogP contribution >= 0.6 is 0 Å². The van der Waals surface area contributed by atoms with Crippen molar-refractivity contribution in [2.75, 3.05) is 26.8 Å². The lowest BCUT2D eigenvalue weighted by Crippen LogP contribution is -2.42. The van der Waals surface area contributed by atoms with Crippen LogP contribution in [0.5, 0.6) is 0 Å². The second kappa shape index (κ2) is 8.19. The van der Waals surface area contributed by atoms with Crippen molar-refractivity contribution < 1.29 is 4.74 Å². The highest BCUT2D eigenvalue weighted by Crippen LogP contribution is 2.21. The van der Waals surface area contributed by atoms with Crippen LogP contribution in [0.4, 0.5) is 0 Å². The molecule has 0 amide bonds. The van der Waals surface area contributed by atoms with Crippen LogP contribution in [-0.2, 0) is 4.74 Å². The zero-order valence-electron chi connectivity index (χ0n) is 11.7. The smallest absolute Gasteiger partial charge is 0.0647 e. The van der Waals surface area contributed by atoms with E-state index in [-0.39, 0.29) is 6.04 Å². The van der Waals surface area contributed by atoms with Crippen LogP contribution in [0.1, 0.15) is 32.0 Å². The van der Waals surface area contributed by atoms with Crippen LogP contribution in [0.25, 0.3) is 0 Å². The molecule has 4 heteroatoms. The third-order valence-corrected chi connectivity index (χ3v) is 3.36. The fourth-order valence-electron chi connectivity index (χ4n) is 2.11. The second-order valence-corrected chi connectivity index (χ2v) is 4.49. The summed E-state index contributed by atoms with van der Waals surface area (Å²) in [5.41, 5.74) is 6.99. The molecule has 2 unspecified atom stereocenters. The predicted octanol–water partition coefficient (Wildman–Crippen LogP) is 1.83. The number of hydrogen-bond donors (Lipinski definition) is 1. The number of aromatic nitrogens is 1. The van der Waals surface area contributed by atoms with Gasteiger partial charge in [0, 0.05) is 32.4 Å². The molecule has 0 radical (unpaired) electrons. The second-order valence-electron chi connectivity index (χ2n) is 4.49. The van der Waals surface area contributed by atoms with E-state index in [1.54, 1.807) is 7.11 Å². The molecule has 0 spiro atoms. The van der Waals surface area contributed by atoms with Gasteiger partial charge in [0.25, 0.3) is 0 Å². The molecule has 0 aliphatic carbocycles. The Morgan fingerprint density at radius 2 is 2.22 bits per heavy atom. The molecule has 1 aromatic rings. The summed E-state index contributed by atoms with van der Waals surface area (Å²) in [5.74, 6) is 0. The molecule has 0 fully saturated rings. The van der Waals surface area contributed by atoms with Crippen molar-refractivity contribution in [1.29, 1.82) is 0 Å². The summed E-state index contributed by atoms with van der Waals surface area (Å²) in [4.78, 5) is 6.81. The molecular formula is C14H25N3O. The van der Waals surface area contributed by atoms with Crippen molar-refractivity contribution >= 4 is 0 Å². The van der Waals surface area contributed by atoms with E-state index in [9.17, 15) is 0 Å². The Balaban J connectivity index is 2.86. The minimum absolute atomic E-state index is 0.163. The number of pyridine rings is 1. The van der Waals surface area contributed by atoms with E-state index >= 15 is 0 Å². The van der Waals surface area contributed by atoms with Crippen molar-refractivity contribution in [3.8, 4) is 0 Å². The van der Waals surface area contributed by atoms with Gasteiger partial charge >= 0.3 is 0 Å².